The molecule has 2 saturated heterocycles. The number of likely N-dealkylation sites (tertiary alicyclic amines) is 1. The average molecular weight is 347 g/mol. The Morgan fingerprint density at radius 2 is 1.88 bits per heavy atom. The lowest BCUT2D eigenvalue weighted by molar-refractivity contribution is -0.130. The Morgan fingerprint density at radius 3 is 2.56 bits per heavy atom. The normalized spacial score (nSPS) is 24.3. The van der Waals surface area contributed by atoms with Crippen LogP contribution in [0.25, 0.3) is 0 Å². The van der Waals surface area contributed by atoms with Crippen molar-refractivity contribution in [2.45, 2.75) is 45.4 Å². The fraction of sp³-hybridized carbons (Fsp3) is 0.722. The smallest absolute Gasteiger partial charge is 0.219 e. The van der Waals surface area contributed by atoms with Gasteiger partial charge in [0.25, 0.3) is 0 Å². The van der Waals surface area contributed by atoms with Crippen LogP contribution in [0.1, 0.15) is 31.2 Å². The number of β-amino-alcohol motifs (C(OH)–C–C–N with tert-alkyl or cyclic N) is 1. The van der Waals surface area contributed by atoms with Gasteiger partial charge in [0.2, 0.25) is 5.91 Å². The molecule has 1 atom stereocenters. The molecule has 2 aliphatic heterocycles. The Morgan fingerprint density at radius 1 is 1.16 bits per heavy atom. The van der Waals surface area contributed by atoms with Crippen molar-refractivity contribution in [1.82, 2.24) is 24.7 Å². The van der Waals surface area contributed by atoms with E-state index in [1.54, 1.807) is 19.3 Å². The third-order valence-corrected chi connectivity index (χ3v) is 5.40. The van der Waals surface area contributed by atoms with E-state index in [-0.39, 0.29) is 12.0 Å². The quantitative estimate of drug-likeness (QED) is 0.846. The van der Waals surface area contributed by atoms with Crippen LogP contribution in [-0.2, 0) is 11.3 Å². The lowest BCUT2D eigenvalue weighted by Gasteiger charge is -2.38. The third-order valence-electron chi connectivity index (χ3n) is 5.40. The Balaban J connectivity index is 1.56. The van der Waals surface area contributed by atoms with Crippen molar-refractivity contribution in [3.63, 3.8) is 0 Å². The molecule has 25 heavy (non-hydrogen) atoms. The number of aliphatic hydroxyl groups excluding tert-OH is 1. The first-order chi connectivity index (χ1) is 12.0. The molecule has 7 nitrogen and oxygen atoms in total. The van der Waals surface area contributed by atoms with Crippen molar-refractivity contribution in [2.75, 3.05) is 39.3 Å². The predicted octanol–water partition coefficient (Wildman–Crippen LogP) is 0.274. The number of hydrogen-bond acceptors (Lipinski definition) is 6. The van der Waals surface area contributed by atoms with E-state index in [0.717, 1.165) is 57.0 Å². The Bertz CT molecular complexity index is 589. The molecule has 1 amide bonds. The zero-order valence-corrected chi connectivity index (χ0v) is 15.3. The molecular formula is C18H29N5O2. The van der Waals surface area contributed by atoms with E-state index in [1.807, 2.05) is 11.8 Å². The minimum absolute atomic E-state index is 0.167. The second-order valence-corrected chi connectivity index (χ2v) is 7.21. The van der Waals surface area contributed by atoms with E-state index in [9.17, 15) is 9.90 Å². The van der Waals surface area contributed by atoms with Crippen LogP contribution < -0.4 is 0 Å². The van der Waals surface area contributed by atoms with Crippen LogP contribution in [0.5, 0.6) is 0 Å². The summed E-state index contributed by atoms with van der Waals surface area (Å²) in [5.74, 6) is 0.167. The van der Waals surface area contributed by atoms with Crippen molar-refractivity contribution in [2.24, 2.45) is 0 Å². The minimum atomic E-state index is -0.356. The SMILES string of the molecule is CC(=O)N1CCC(N2CCN(Cc3nccnc3C)C[C@@H](O)C2)CC1. The van der Waals surface area contributed by atoms with Gasteiger partial charge < -0.3 is 10.0 Å². The number of piperidine rings is 1. The Hall–Kier alpha value is -1.57. The van der Waals surface area contributed by atoms with Crippen LogP contribution >= 0.6 is 0 Å². The summed E-state index contributed by atoms with van der Waals surface area (Å²) >= 11 is 0. The summed E-state index contributed by atoms with van der Waals surface area (Å²) in [5, 5.41) is 10.5. The van der Waals surface area contributed by atoms with Gasteiger partial charge >= 0.3 is 0 Å². The molecule has 0 unspecified atom stereocenters. The van der Waals surface area contributed by atoms with Gasteiger partial charge in [-0.05, 0) is 19.8 Å². The number of rotatable bonds is 3. The molecule has 0 radical (unpaired) electrons. The van der Waals surface area contributed by atoms with Crippen molar-refractivity contribution < 1.29 is 9.90 Å². The van der Waals surface area contributed by atoms with Gasteiger partial charge in [-0.15, -0.1) is 0 Å². The van der Waals surface area contributed by atoms with E-state index in [1.165, 1.54) is 0 Å². The molecule has 0 spiro atoms. The first-order valence-electron chi connectivity index (χ1n) is 9.19. The van der Waals surface area contributed by atoms with Crippen molar-refractivity contribution in [3.8, 4) is 0 Å². The first-order valence-corrected chi connectivity index (χ1v) is 9.19. The summed E-state index contributed by atoms with van der Waals surface area (Å²) < 4.78 is 0. The summed E-state index contributed by atoms with van der Waals surface area (Å²) in [5.41, 5.74) is 1.94. The van der Waals surface area contributed by atoms with Crippen molar-refractivity contribution >= 4 is 5.91 Å². The molecule has 3 heterocycles. The van der Waals surface area contributed by atoms with E-state index in [0.29, 0.717) is 19.1 Å². The molecular weight excluding hydrogens is 318 g/mol. The molecule has 0 saturated carbocycles. The standard InChI is InChI=1S/C18H29N5O2/c1-14-18(20-6-5-19-14)13-21-9-10-23(12-17(25)11-21)16-3-7-22(8-4-16)15(2)24/h5-6,16-17,25H,3-4,7-13H2,1-2H3/t17-/m1/s1. The maximum absolute atomic E-state index is 11.5. The molecule has 138 valence electrons. The van der Waals surface area contributed by atoms with Crippen LogP contribution in [0.4, 0.5) is 0 Å². The molecule has 0 aromatic carbocycles. The van der Waals surface area contributed by atoms with Gasteiger partial charge in [0, 0.05) is 71.2 Å². The maximum Gasteiger partial charge on any atom is 0.219 e. The minimum Gasteiger partial charge on any atom is -0.390 e. The number of amides is 1. The number of nitrogens with zero attached hydrogens (tertiary/aromatic N) is 5. The molecule has 7 heteroatoms. The molecule has 0 bridgehead atoms. The van der Waals surface area contributed by atoms with Gasteiger partial charge in [0.15, 0.2) is 0 Å². The first kappa shape index (κ1) is 18.2. The molecule has 1 aromatic rings. The molecule has 1 aromatic heterocycles. The van der Waals surface area contributed by atoms with E-state index in [4.69, 9.17) is 0 Å². The zero-order chi connectivity index (χ0) is 17.8. The maximum atomic E-state index is 11.5. The summed E-state index contributed by atoms with van der Waals surface area (Å²) in [6.45, 7) is 9.24. The van der Waals surface area contributed by atoms with Gasteiger partial charge in [-0.25, -0.2) is 0 Å². The Labute approximate surface area is 149 Å². The highest BCUT2D eigenvalue weighted by molar-refractivity contribution is 5.73. The second kappa shape index (κ2) is 8.21. The number of aromatic nitrogens is 2. The zero-order valence-electron chi connectivity index (χ0n) is 15.3. The van der Waals surface area contributed by atoms with Gasteiger partial charge in [0.1, 0.15) is 0 Å². The fourth-order valence-electron chi connectivity index (χ4n) is 3.90. The highest BCUT2D eigenvalue weighted by atomic mass is 16.3. The number of aliphatic hydroxyl groups is 1. The largest absolute Gasteiger partial charge is 0.390 e. The molecule has 2 aliphatic rings. The van der Waals surface area contributed by atoms with E-state index < -0.39 is 0 Å². The Kier molecular flexibility index (Phi) is 5.98. The van der Waals surface area contributed by atoms with Crippen molar-refractivity contribution in [1.29, 1.82) is 0 Å². The number of aryl methyl sites for hydroxylation is 1. The van der Waals surface area contributed by atoms with E-state index >= 15 is 0 Å². The number of carbonyl (C=O) groups is 1. The van der Waals surface area contributed by atoms with Crippen LogP contribution in [0.2, 0.25) is 0 Å². The van der Waals surface area contributed by atoms with Gasteiger partial charge in [-0.2, -0.15) is 0 Å². The summed E-state index contributed by atoms with van der Waals surface area (Å²) in [4.78, 5) is 26.8. The highest BCUT2D eigenvalue weighted by Crippen LogP contribution is 2.19. The second-order valence-electron chi connectivity index (χ2n) is 7.21. The third kappa shape index (κ3) is 4.74. The molecule has 1 N–H and O–H groups in total. The monoisotopic (exact) mass is 347 g/mol. The lowest BCUT2D eigenvalue weighted by Crippen LogP contribution is -2.48. The van der Waals surface area contributed by atoms with E-state index in [2.05, 4.69) is 19.8 Å². The predicted molar refractivity (Wildman–Crippen MR) is 94.9 cm³/mol. The summed E-state index contributed by atoms with van der Waals surface area (Å²) in [7, 11) is 0. The summed E-state index contributed by atoms with van der Waals surface area (Å²) in [6.07, 6.45) is 5.08. The van der Waals surface area contributed by atoms with Crippen LogP contribution in [0.3, 0.4) is 0 Å². The summed E-state index contributed by atoms with van der Waals surface area (Å²) in [6, 6.07) is 0.462. The topological polar surface area (TPSA) is 72.8 Å². The number of hydrogen-bond donors (Lipinski definition) is 1. The molecule has 2 fully saturated rings. The lowest BCUT2D eigenvalue weighted by atomic mass is 10.0. The fourth-order valence-corrected chi connectivity index (χ4v) is 3.90. The highest BCUT2D eigenvalue weighted by Gasteiger charge is 2.29. The van der Waals surface area contributed by atoms with Crippen molar-refractivity contribution in [3.05, 3.63) is 23.8 Å². The van der Waals surface area contributed by atoms with Gasteiger partial charge in [0.05, 0.1) is 17.5 Å². The average Bonchev–Trinajstić information content (AvgIpc) is 2.78. The van der Waals surface area contributed by atoms with Gasteiger partial charge in [-0.3, -0.25) is 24.6 Å². The van der Waals surface area contributed by atoms with Crippen LogP contribution in [0.15, 0.2) is 12.4 Å². The van der Waals surface area contributed by atoms with Crippen LogP contribution in [0, 0.1) is 6.92 Å². The van der Waals surface area contributed by atoms with Gasteiger partial charge in [-0.1, -0.05) is 0 Å². The number of carbonyl (C=O) groups excluding carboxylic acids is 1. The molecule has 3 rings (SSSR count). The molecule has 0 aliphatic carbocycles. The van der Waals surface area contributed by atoms with Crippen LogP contribution in [-0.4, -0.2) is 87.1 Å².